The van der Waals surface area contributed by atoms with Crippen molar-refractivity contribution >= 4 is 33.7 Å². The number of carbonyl (C=O) groups is 3. The van der Waals surface area contributed by atoms with Gasteiger partial charge in [-0.3, -0.25) is 9.59 Å². The fourth-order valence-corrected chi connectivity index (χ4v) is 2.10. The second-order valence-corrected chi connectivity index (χ2v) is 7.05. The standard InChI is InChI=1S/C16H21BrN2O4/c1-16(2,3)18-13(20)9-19(4)14(21)10-23-15(22)11-6-5-7-12(17)8-11/h5-8H,9-10H2,1-4H3,(H,18,20). The number of hydrogen-bond acceptors (Lipinski definition) is 4. The van der Waals surface area contributed by atoms with E-state index in [4.69, 9.17) is 4.74 Å². The molecule has 0 fully saturated rings. The van der Waals surface area contributed by atoms with E-state index in [-0.39, 0.29) is 18.0 Å². The molecular formula is C16H21BrN2O4. The first-order valence-corrected chi connectivity index (χ1v) is 7.85. The van der Waals surface area contributed by atoms with E-state index in [1.54, 1.807) is 24.3 Å². The molecule has 1 aromatic carbocycles. The van der Waals surface area contributed by atoms with Gasteiger partial charge in [0.2, 0.25) is 5.91 Å². The lowest BCUT2D eigenvalue weighted by atomic mass is 10.1. The van der Waals surface area contributed by atoms with Gasteiger partial charge in [0.25, 0.3) is 5.91 Å². The van der Waals surface area contributed by atoms with Gasteiger partial charge in [0.1, 0.15) is 0 Å². The number of nitrogens with zero attached hydrogens (tertiary/aromatic N) is 1. The van der Waals surface area contributed by atoms with Crippen LogP contribution in [0.4, 0.5) is 0 Å². The van der Waals surface area contributed by atoms with Crippen molar-refractivity contribution in [2.45, 2.75) is 26.3 Å². The molecule has 2 amide bonds. The lowest BCUT2D eigenvalue weighted by molar-refractivity contribution is -0.137. The molecule has 1 N–H and O–H groups in total. The van der Waals surface area contributed by atoms with Gasteiger partial charge in [-0.15, -0.1) is 0 Å². The van der Waals surface area contributed by atoms with Crippen LogP contribution in [-0.4, -0.2) is 48.4 Å². The number of hydrogen-bond donors (Lipinski definition) is 1. The minimum atomic E-state index is -0.591. The molecule has 0 aliphatic carbocycles. The molecule has 23 heavy (non-hydrogen) atoms. The fourth-order valence-electron chi connectivity index (χ4n) is 1.70. The van der Waals surface area contributed by atoms with Crippen LogP contribution in [0.15, 0.2) is 28.7 Å². The van der Waals surface area contributed by atoms with Gasteiger partial charge >= 0.3 is 5.97 Å². The highest BCUT2D eigenvalue weighted by Crippen LogP contribution is 2.12. The molecule has 0 unspecified atom stereocenters. The molecule has 0 aliphatic rings. The highest BCUT2D eigenvalue weighted by Gasteiger charge is 2.19. The topological polar surface area (TPSA) is 75.7 Å². The number of carbonyl (C=O) groups excluding carboxylic acids is 3. The summed E-state index contributed by atoms with van der Waals surface area (Å²) in [5.41, 5.74) is -0.0194. The first kappa shape index (κ1) is 19.2. The van der Waals surface area contributed by atoms with Crippen LogP contribution < -0.4 is 5.32 Å². The van der Waals surface area contributed by atoms with Crippen molar-refractivity contribution in [2.75, 3.05) is 20.2 Å². The summed E-state index contributed by atoms with van der Waals surface area (Å²) in [6.07, 6.45) is 0. The first-order valence-electron chi connectivity index (χ1n) is 7.06. The van der Waals surface area contributed by atoms with Crippen molar-refractivity contribution in [2.24, 2.45) is 0 Å². The highest BCUT2D eigenvalue weighted by molar-refractivity contribution is 9.10. The Balaban J connectivity index is 2.46. The van der Waals surface area contributed by atoms with E-state index < -0.39 is 18.5 Å². The van der Waals surface area contributed by atoms with Gasteiger partial charge in [-0.05, 0) is 39.0 Å². The average Bonchev–Trinajstić information content (AvgIpc) is 2.42. The maximum Gasteiger partial charge on any atom is 0.338 e. The van der Waals surface area contributed by atoms with E-state index in [0.29, 0.717) is 5.56 Å². The predicted molar refractivity (Wildman–Crippen MR) is 90.0 cm³/mol. The lowest BCUT2D eigenvalue weighted by Crippen LogP contribution is -2.46. The maximum atomic E-state index is 11.9. The summed E-state index contributed by atoms with van der Waals surface area (Å²) >= 11 is 3.26. The molecule has 1 rings (SSSR count). The molecule has 1 aromatic rings. The summed E-state index contributed by atoms with van der Waals surface area (Å²) in [5, 5.41) is 2.76. The molecule has 0 saturated carbocycles. The van der Waals surface area contributed by atoms with Gasteiger partial charge in [0.05, 0.1) is 12.1 Å². The van der Waals surface area contributed by atoms with E-state index in [0.717, 1.165) is 4.47 Å². The molecule has 126 valence electrons. The Hall–Kier alpha value is -1.89. The Morgan fingerprint density at radius 2 is 1.91 bits per heavy atom. The zero-order valence-corrected chi connectivity index (χ0v) is 15.3. The maximum absolute atomic E-state index is 11.9. The van der Waals surface area contributed by atoms with Gasteiger partial charge in [-0.25, -0.2) is 4.79 Å². The number of rotatable bonds is 5. The van der Waals surface area contributed by atoms with Crippen LogP contribution in [0.25, 0.3) is 0 Å². The van der Waals surface area contributed by atoms with Crippen LogP contribution in [0, 0.1) is 0 Å². The van der Waals surface area contributed by atoms with Gasteiger partial charge in [-0.2, -0.15) is 0 Å². The number of nitrogens with one attached hydrogen (secondary N) is 1. The van der Waals surface area contributed by atoms with Crippen LogP contribution in [0.1, 0.15) is 31.1 Å². The smallest absolute Gasteiger partial charge is 0.338 e. The van der Waals surface area contributed by atoms with Gasteiger partial charge in [0, 0.05) is 17.1 Å². The third-order valence-electron chi connectivity index (χ3n) is 2.71. The minimum Gasteiger partial charge on any atom is -0.452 e. The SMILES string of the molecule is CN(CC(=O)NC(C)(C)C)C(=O)COC(=O)c1cccc(Br)c1. The van der Waals surface area contributed by atoms with Crippen molar-refractivity contribution in [1.29, 1.82) is 0 Å². The van der Waals surface area contributed by atoms with Gasteiger partial charge < -0.3 is 15.0 Å². The van der Waals surface area contributed by atoms with Gasteiger partial charge in [-0.1, -0.05) is 22.0 Å². The third-order valence-corrected chi connectivity index (χ3v) is 3.20. The van der Waals surface area contributed by atoms with Crippen molar-refractivity contribution in [1.82, 2.24) is 10.2 Å². The number of halogens is 1. The molecule has 7 heteroatoms. The van der Waals surface area contributed by atoms with Crippen molar-refractivity contribution in [3.05, 3.63) is 34.3 Å². The van der Waals surface area contributed by atoms with Crippen LogP contribution in [-0.2, 0) is 14.3 Å². The minimum absolute atomic E-state index is 0.0927. The summed E-state index contributed by atoms with van der Waals surface area (Å²) in [5.74, 6) is -1.31. The first-order chi connectivity index (χ1) is 10.6. The Bertz CT molecular complexity index is 596. The summed E-state index contributed by atoms with van der Waals surface area (Å²) in [4.78, 5) is 36.7. The molecular weight excluding hydrogens is 364 g/mol. The number of likely N-dealkylation sites (N-methyl/N-ethyl adjacent to an activating group) is 1. The number of esters is 1. The zero-order valence-electron chi connectivity index (χ0n) is 13.7. The van der Waals surface area contributed by atoms with E-state index in [9.17, 15) is 14.4 Å². The second-order valence-electron chi connectivity index (χ2n) is 6.13. The molecule has 0 aliphatic heterocycles. The molecule has 0 bridgehead atoms. The summed E-state index contributed by atoms with van der Waals surface area (Å²) in [6, 6.07) is 6.68. The Morgan fingerprint density at radius 3 is 2.48 bits per heavy atom. The summed E-state index contributed by atoms with van der Waals surface area (Å²) < 4.78 is 5.71. The fraction of sp³-hybridized carbons (Fsp3) is 0.438. The normalized spacial score (nSPS) is 10.8. The van der Waals surface area contributed by atoms with E-state index in [1.807, 2.05) is 20.8 Å². The zero-order chi connectivity index (χ0) is 17.6. The molecule has 0 aromatic heterocycles. The second kappa shape index (κ2) is 8.10. The monoisotopic (exact) mass is 384 g/mol. The third kappa shape index (κ3) is 7.27. The molecule has 0 heterocycles. The predicted octanol–water partition coefficient (Wildman–Crippen LogP) is 1.98. The Morgan fingerprint density at radius 1 is 1.26 bits per heavy atom. The quantitative estimate of drug-likeness (QED) is 0.787. The van der Waals surface area contributed by atoms with Crippen LogP contribution in [0.5, 0.6) is 0 Å². The summed E-state index contributed by atoms with van der Waals surface area (Å²) in [6.45, 7) is 5.06. The Labute approximate surface area is 144 Å². The number of benzene rings is 1. The van der Waals surface area contributed by atoms with Crippen LogP contribution >= 0.6 is 15.9 Å². The Kier molecular flexibility index (Phi) is 6.75. The van der Waals surface area contributed by atoms with Crippen LogP contribution in [0.3, 0.4) is 0 Å². The van der Waals surface area contributed by atoms with Gasteiger partial charge in [0.15, 0.2) is 6.61 Å². The molecule has 0 atom stereocenters. The van der Waals surface area contributed by atoms with E-state index in [2.05, 4.69) is 21.2 Å². The van der Waals surface area contributed by atoms with Crippen molar-refractivity contribution in [3.63, 3.8) is 0 Å². The van der Waals surface area contributed by atoms with E-state index in [1.165, 1.54) is 11.9 Å². The molecule has 6 nitrogen and oxygen atoms in total. The largest absolute Gasteiger partial charge is 0.452 e. The molecule has 0 spiro atoms. The van der Waals surface area contributed by atoms with Crippen molar-refractivity contribution in [3.8, 4) is 0 Å². The number of ether oxygens (including phenoxy) is 1. The number of amides is 2. The highest BCUT2D eigenvalue weighted by atomic mass is 79.9. The summed E-state index contributed by atoms with van der Waals surface area (Å²) in [7, 11) is 1.48. The van der Waals surface area contributed by atoms with E-state index >= 15 is 0 Å². The average molecular weight is 385 g/mol. The molecule has 0 radical (unpaired) electrons. The molecule has 0 saturated heterocycles. The van der Waals surface area contributed by atoms with Crippen molar-refractivity contribution < 1.29 is 19.1 Å². The lowest BCUT2D eigenvalue weighted by Gasteiger charge is -2.23. The van der Waals surface area contributed by atoms with Crippen LogP contribution in [0.2, 0.25) is 0 Å².